The van der Waals surface area contributed by atoms with E-state index >= 15 is 0 Å². The van der Waals surface area contributed by atoms with Gasteiger partial charge in [0.25, 0.3) is 5.91 Å². The van der Waals surface area contributed by atoms with Gasteiger partial charge in [0, 0.05) is 6.07 Å². The number of aryl methyl sites for hydroxylation is 2. The van der Waals surface area contributed by atoms with Crippen molar-refractivity contribution in [3.63, 3.8) is 0 Å². The van der Waals surface area contributed by atoms with Gasteiger partial charge in [-0.2, -0.15) is 0 Å². The number of benzene rings is 2. The van der Waals surface area contributed by atoms with Crippen LogP contribution in [0.5, 0.6) is 5.75 Å². The highest BCUT2D eigenvalue weighted by molar-refractivity contribution is 7.21. The molecule has 2 aromatic carbocycles. The van der Waals surface area contributed by atoms with Crippen molar-refractivity contribution in [1.29, 1.82) is 0 Å². The molecule has 0 heterocycles. The Morgan fingerprint density at radius 1 is 1.22 bits per heavy atom. The summed E-state index contributed by atoms with van der Waals surface area (Å²) in [6.45, 7) is 6.38. The second-order valence-electron chi connectivity index (χ2n) is 5.40. The van der Waals surface area contributed by atoms with E-state index in [4.69, 9.17) is 4.74 Å². The van der Waals surface area contributed by atoms with Crippen molar-refractivity contribution in [2.45, 2.75) is 26.9 Å². The number of ether oxygens (including phenoxy) is 1. The first-order valence-corrected chi connectivity index (χ1v) is 8.02. The van der Waals surface area contributed by atoms with E-state index in [1.807, 2.05) is 45.0 Å². The van der Waals surface area contributed by atoms with Gasteiger partial charge in [0.1, 0.15) is 5.75 Å². The molecule has 122 valence electrons. The summed E-state index contributed by atoms with van der Waals surface area (Å²) in [5.74, 6) is 0.320. The van der Waals surface area contributed by atoms with Gasteiger partial charge in [-0.1, -0.05) is 35.9 Å². The number of amides is 1. The SMILES string of the molecule is CCOc1cc(N(P)C(=O)C(O)c2ccc(C)cc2)ccc1C. The number of hydrogen-bond acceptors (Lipinski definition) is 3. The van der Waals surface area contributed by atoms with Gasteiger partial charge >= 0.3 is 0 Å². The Labute approximate surface area is 139 Å². The van der Waals surface area contributed by atoms with Crippen molar-refractivity contribution in [3.05, 3.63) is 59.2 Å². The lowest BCUT2D eigenvalue weighted by atomic mass is 10.1. The Balaban J connectivity index is 2.21. The highest BCUT2D eigenvalue weighted by Gasteiger charge is 2.23. The third-order valence-electron chi connectivity index (χ3n) is 3.61. The minimum Gasteiger partial charge on any atom is -0.494 e. The zero-order valence-electron chi connectivity index (χ0n) is 13.6. The van der Waals surface area contributed by atoms with E-state index in [0.717, 1.165) is 16.9 Å². The molecule has 0 fully saturated rings. The second-order valence-corrected chi connectivity index (χ2v) is 5.92. The molecule has 0 aliphatic heterocycles. The molecule has 2 atom stereocenters. The highest BCUT2D eigenvalue weighted by atomic mass is 31.0. The summed E-state index contributed by atoms with van der Waals surface area (Å²) in [6.07, 6.45) is -1.20. The lowest BCUT2D eigenvalue weighted by Gasteiger charge is -2.22. The molecule has 2 rings (SSSR count). The van der Waals surface area contributed by atoms with Crippen molar-refractivity contribution in [1.82, 2.24) is 0 Å². The monoisotopic (exact) mass is 331 g/mol. The predicted octanol–water partition coefficient (Wildman–Crippen LogP) is 3.56. The minimum atomic E-state index is -1.20. The maximum atomic E-state index is 12.5. The molecule has 0 spiro atoms. The van der Waals surface area contributed by atoms with E-state index in [1.54, 1.807) is 18.2 Å². The average molecular weight is 331 g/mol. The van der Waals surface area contributed by atoms with Crippen LogP contribution in [0.1, 0.15) is 29.7 Å². The molecule has 1 N–H and O–H groups in total. The number of carbonyl (C=O) groups excluding carboxylic acids is 1. The van der Waals surface area contributed by atoms with E-state index in [9.17, 15) is 9.90 Å². The number of anilines is 1. The Kier molecular flexibility index (Phi) is 5.75. The zero-order valence-corrected chi connectivity index (χ0v) is 14.8. The predicted molar refractivity (Wildman–Crippen MR) is 95.7 cm³/mol. The first-order chi connectivity index (χ1) is 10.9. The summed E-state index contributed by atoms with van der Waals surface area (Å²) in [7, 11) is 2.36. The average Bonchev–Trinajstić information content (AvgIpc) is 2.56. The molecule has 0 bridgehead atoms. The lowest BCUT2D eigenvalue weighted by Crippen LogP contribution is -2.26. The topological polar surface area (TPSA) is 49.8 Å². The van der Waals surface area contributed by atoms with Crippen LogP contribution in [-0.2, 0) is 4.79 Å². The quantitative estimate of drug-likeness (QED) is 0.852. The van der Waals surface area contributed by atoms with Crippen LogP contribution in [0.15, 0.2) is 42.5 Å². The summed E-state index contributed by atoms with van der Waals surface area (Å²) >= 11 is 0. The number of rotatable bonds is 5. The molecule has 0 saturated heterocycles. The van der Waals surface area contributed by atoms with Crippen LogP contribution in [0.4, 0.5) is 5.69 Å². The molecule has 2 unspecified atom stereocenters. The maximum Gasteiger partial charge on any atom is 0.263 e. The molecular formula is C18H22NO3P. The standard InChI is InChI=1S/C18H22NO3P/c1-4-22-16-11-15(10-7-13(16)3)19(23)18(21)17(20)14-8-5-12(2)6-9-14/h5-11,17,20H,4,23H2,1-3H3. The van der Waals surface area contributed by atoms with Gasteiger partial charge in [-0.25, -0.2) is 0 Å². The Morgan fingerprint density at radius 3 is 2.48 bits per heavy atom. The van der Waals surface area contributed by atoms with Crippen LogP contribution in [0.2, 0.25) is 0 Å². The van der Waals surface area contributed by atoms with Crippen molar-refractivity contribution < 1.29 is 14.6 Å². The molecule has 0 radical (unpaired) electrons. The van der Waals surface area contributed by atoms with Crippen LogP contribution < -0.4 is 9.41 Å². The molecule has 4 nitrogen and oxygen atoms in total. The first kappa shape index (κ1) is 17.5. The minimum absolute atomic E-state index is 0.412. The van der Waals surface area contributed by atoms with E-state index in [0.29, 0.717) is 17.9 Å². The smallest absolute Gasteiger partial charge is 0.263 e. The maximum absolute atomic E-state index is 12.5. The Bertz CT molecular complexity index is 685. The molecule has 5 heteroatoms. The summed E-state index contributed by atoms with van der Waals surface area (Å²) in [5, 5.41) is 10.3. The van der Waals surface area contributed by atoms with Crippen molar-refractivity contribution in [3.8, 4) is 5.75 Å². The lowest BCUT2D eigenvalue weighted by molar-refractivity contribution is -0.125. The third-order valence-corrected chi connectivity index (χ3v) is 4.17. The van der Waals surface area contributed by atoms with E-state index in [2.05, 4.69) is 9.39 Å². The fourth-order valence-electron chi connectivity index (χ4n) is 2.20. The van der Waals surface area contributed by atoms with Crippen molar-refractivity contribution in [2.24, 2.45) is 0 Å². The van der Waals surface area contributed by atoms with Crippen LogP contribution >= 0.6 is 9.39 Å². The van der Waals surface area contributed by atoms with E-state index < -0.39 is 12.0 Å². The summed E-state index contributed by atoms with van der Waals surface area (Å²) in [6, 6.07) is 12.8. The highest BCUT2D eigenvalue weighted by Crippen LogP contribution is 2.29. The Morgan fingerprint density at radius 2 is 1.87 bits per heavy atom. The van der Waals surface area contributed by atoms with Gasteiger partial charge in [-0.05, 0) is 47.4 Å². The molecule has 0 aliphatic rings. The number of nitrogens with zero attached hydrogens (tertiary/aromatic N) is 1. The molecule has 0 saturated carbocycles. The second kappa shape index (κ2) is 7.58. The molecule has 2 aromatic rings. The van der Waals surface area contributed by atoms with Crippen LogP contribution in [0.25, 0.3) is 0 Å². The summed E-state index contributed by atoms with van der Waals surface area (Å²) in [4.78, 5) is 12.5. The molecule has 1 amide bonds. The normalized spacial score (nSPS) is 11.9. The first-order valence-electron chi connectivity index (χ1n) is 7.50. The van der Waals surface area contributed by atoms with Gasteiger partial charge in [-0.15, -0.1) is 0 Å². The van der Waals surface area contributed by atoms with Crippen LogP contribution in [0, 0.1) is 13.8 Å². The Hall–Kier alpha value is -1.90. The van der Waals surface area contributed by atoms with Crippen molar-refractivity contribution in [2.75, 3.05) is 11.3 Å². The van der Waals surface area contributed by atoms with Crippen LogP contribution in [-0.4, -0.2) is 17.6 Å². The number of carbonyl (C=O) groups is 1. The van der Waals surface area contributed by atoms with Crippen LogP contribution in [0.3, 0.4) is 0 Å². The molecule has 23 heavy (non-hydrogen) atoms. The fraction of sp³-hybridized carbons (Fsp3) is 0.278. The van der Waals surface area contributed by atoms with E-state index in [-0.39, 0.29) is 0 Å². The molecular weight excluding hydrogens is 309 g/mol. The third kappa shape index (κ3) is 4.10. The van der Waals surface area contributed by atoms with Gasteiger partial charge in [-0.3, -0.25) is 9.46 Å². The number of aliphatic hydroxyl groups is 1. The van der Waals surface area contributed by atoms with Gasteiger partial charge in [0.05, 0.1) is 12.3 Å². The summed E-state index contributed by atoms with van der Waals surface area (Å²) < 4.78 is 6.92. The molecule has 0 aliphatic carbocycles. The van der Waals surface area contributed by atoms with Crippen molar-refractivity contribution >= 4 is 21.0 Å². The fourth-order valence-corrected chi connectivity index (χ4v) is 2.50. The van der Waals surface area contributed by atoms with Gasteiger partial charge < -0.3 is 9.84 Å². The number of aliphatic hydroxyl groups excluding tert-OH is 1. The molecule has 0 aromatic heterocycles. The summed E-state index contributed by atoms with van der Waals surface area (Å²) in [5.41, 5.74) is 3.31. The van der Waals surface area contributed by atoms with Gasteiger partial charge in [0.2, 0.25) is 0 Å². The van der Waals surface area contributed by atoms with Gasteiger partial charge in [0.15, 0.2) is 6.10 Å². The largest absolute Gasteiger partial charge is 0.494 e. The number of hydrogen-bond donors (Lipinski definition) is 1. The van der Waals surface area contributed by atoms with E-state index in [1.165, 1.54) is 4.67 Å². The zero-order chi connectivity index (χ0) is 17.0.